The molecule has 0 radical (unpaired) electrons. The van der Waals surface area contributed by atoms with Gasteiger partial charge in [-0.3, -0.25) is 9.59 Å². The first kappa shape index (κ1) is 8.73. The molecule has 2 aliphatic rings. The molecule has 13 heavy (non-hydrogen) atoms. The van der Waals surface area contributed by atoms with Gasteiger partial charge in [0.25, 0.3) is 0 Å². The highest BCUT2D eigenvalue weighted by atomic mass is 16.2. The third-order valence-electron chi connectivity index (χ3n) is 3.42. The molecule has 0 aromatic heterocycles. The summed E-state index contributed by atoms with van der Waals surface area (Å²) in [7, 11) is 1.79. The average Bonchev–Trinajstić information content (AvgIpc) is 2.40. The van der Waals surface area contributed by atoms with Crippen LogP contribution >= 0.6 is 0 Å². The first-order chi connectivity index (χ1) is 6.17. The van der Waals surface area contributed by atoms with E-state index in [4.69, 9.17) is 0 Å². The van der Waals surface area contributed by atoms with Crippen molar-refractivity contribution < 1.29 is 9.59 Å². The first-order valence-electron chi connectivity index (χ1n) is 4.96. The molecule has 0 bridgehead atoms. The van der Waals surface area contributed by atoms with Gasteiger partial charge in [0.1, 0.15) is 11.2 Å². The summed E-state index contributed by atoms with van der Waals surface area (Å²) in [6.07, 6.45) is 4.15. The van der Waals surface area contributed by atoms with E-state index >= 15 is 0 Å². The Hall–Kier alpha value is -0.860. The van der Waals surface area contributed by atoms with E-state index in [0.29, 0.717) is 6.42 Å². The minimum atomic E-state index is -0.590. The largest absolute Gasteiger partial charge is 0.345 e. The number of hydrogen-bond donors (Lipinski definition) is 0. The van der Waals surface area contributed by atoms with E-state index in [2.05, 4.69) is 0 Å². The van der Waals surface area contributed by atoms with E-state index < -0.39 is 5.41 Å². The molecule has 2 fully saturated rings. The summed E-state index contributed by atoms with van der Waals surface area (Å²) in [4.78, 5) is 25.2. The fourth-order valence-electron chi connectivity index (χ4n) is 2.51. The van der Waals surface area contributed by atoms with Gasteiger partial charge in [-0.2, -0.15) is 0 Å². The van der Waals surface area contributed by atoms with Crippen LogP contribution in [-0.4, -0.2) is 30.2 Å². The highest BCUT2D eigenvalue weighted by Gasteiger charge is 2.51. The molecule has 1 spiro atoms. The molecule has 0 aromatic carbocycles. The second-order valence-electron chi connectivity index (χ2n) is 4.19. The van der Waals surface area contributed by atoms with Crippen LogP contribution < -0.4 is 0 Å². The summed E-state index contributed by atoms with van der Waals surface area (Å²) in [6.45, 7) is 0.755. The molecule has 1 amide bonds. The van der Waals surface area contributed by atoms with Crippen molar-refractivity contribution in [3.05, 3.63) is 0 Å². The second-order valence-corrected chi connectivity index (χ2v) is 4.19. The zero-order chi connectivity index (χ0) is 9.47. The van der Waals surface area contributed by atoms with E-state index in [1.54, 1.807) is 11.9 Å². The van der Waals surface area contributed by atoms with E-state index in [1.165, 1.54) is 0 Å². The van der Waals surface area contributed by atoms with Crippen LogP contribution in [0, 0.1) is 5.41 Å². The van der Waals surface area contributed by atoms with E-state index in [-0.39, 0.29) is 11.7 Å². The minimum Gasteiger partial charge on any atom is -0.345 e. The maximum absolute atomic E-state index is 11.8. The number of ketones is 1. The quantitative estimate of drug-likeness (QED) is 0.522. The normalized spacial score (nSPS) is 34.7. The molecule has 3 nitrogen and oxygen atoms in total. The van der Waals surface area contributed by atoms with Crippen LogP contribution in [0.25, 0.3) is 0 Å². The SMILES string of the molecule is CN1CC[C@@]2(CCCCC2=O)C1=O. The van der Waals surface area contributed by atoms with Crippen molar-refractivity contribution in [3.63, 3.8) is 0 Å². The van der Waals surface area contributed by atoms with Gasteiger partial charge >= 0.3 is 0 Å². The molecular formula is C10H15NO2. The molecule has 72 valence electrons. The van der Waals surface area contributed by atoms with Crippen LogP contribution in [0.2, 0.25) is 0 Å². The minimum absolute atomic E-state index is 0.0669. The Labute approximate surface area is 78.1 Å². The zero-order valence-corrected chi connectivity index (χ0v) is 8.01. The van der Waals surface area contributed by atoms with Gasteiger partial charge < -0.3 is 4.90 Å². The molecular weight excluding hydrogens is 166 g/mol. The van der Waals surface area contributed by atoms with Gasteiger partial charge in [0.05, 0.1) is 0 Å². The van der Waals surface area contributed by atoms with Crippen LogP contribution in [0.1, 0.15) is 32.1 Å². The van der Waals surface area contributed by atoms with Gasteiger partial charge in [-0.1, -0.05) is 6.42 Å². The summed E-state index contributed by atoms with van der Waals surface area (Å²) >= 11 is 0. The van der Waals surface area contributed by atoms with Gasteiger partial charge in [0, 0.05) is 20.0 Å². The molecule has 0 unspecified atom stereocenters. The summed E-state index contributed by atoms with van der Waals surface area (Å²) < 4.78 is 0. The van der Waals surface area contributed by atoms with Gasteiger partial charge in [-0.05, 0) is 19.3 Å². The Morgan fingerprint density at radius 1 is 1.23 bits per heavy atom. The number of amides is 1. The number of likely N-dealkylation sites (tertiary alicyclic amines) is 1. The van der Waals surface area contributed by atoms with Gasteiger partial charge in [-0.25, -0.2) is 0 Å². The third-order valence-corrected chi connectivity index (χ3v) is 3.42. The summed E-state index contributed by atoms with van der Waals surface area (Å²) in [6, 6.07) is 0. The number of rotatable bonds is 0. The van der Waals surface area contributed by atoms with Crippen molar-refractivity contribution >= 4 is 11.7 Å². The molecule has 1 saturated carbocycles. The number of carbonyl (C=O) groups is 2. The Bertz CT molecular complexity index is 258. The zero-order valence-electron chi connectivity index (χ0n) is 8.01. The van der Waals surface area contributed by atoms with Crippen molar-refractivity contribution in [2.75, 3.05) is 13.6 Å². The lowest BCUT2D eigenvalue weighted by molar-refractivity contribution is -0.145. The van der Waals surface area contributed by atoms with Crippen LogP contribution in [0.5, 0.6) is 0 Å². The van der Waals surface area contributed by atoms with Gasteiger partial charge in [-0.15, -0.1) is 0 Å². The maximum atomic E-state index is 11.8. The summed E-state index contributed by atoms with van der Waals surface area (Å²) in [5.41, 5.74) is -0.590. The molecule has 3 heteroatoms. The van der Waals surface area contributed by atoms with Crippen LogP contribution in [0.3, 0.4) is 0 Å². The molecule has 0 N–H and O–H groups in total. The lowest BCUT2D eigenvalue weighted by Gasteiger charge is -2.29. The molecule has 1 aliphatic carbocycles. The van der Waals surface area contributed by atoms with E-state index in [1.807, 2.05) is 0 Å². The van der Waals surface area contributed by atoms with E-state index in [0.717, 1.165) is 32.2 Å². The topological polar surface area (TPSA) is 37.4 Å². The molecule has 1 saturated heterocycles. The summed E-state index contributed by atoms with van der Waals surface area (Å²) in [5.74, 6) is 0.255. The van der Waals surface area contributed by atoms with Crippen molar-refractivity contribution in [2.45, 2.75) is 32.1 Å². The standard InChI is InChI=1S/C10H15NO2/c1-11-7-6-10(9(11)13)5-3-2-4-8(10)12/h2-7H2,1H3/t10-/m1/s1. The molecule has 0 aromatic rings. The number of carbonyl (C=O) groups excluding carboxylic acids is 2. The predicted octanol–water partition coefficient (Wildman–Crippen LogP) is 0.978. The lowest BCUT2D eigenvalue weighted by Crippen LogP contribution is -2.41. The highest BCUT2D eigenvalue weighted by molar-refractivity contribution is 6.07. The maximum Gasteiger partial charge on any atom is 0.236 e. The molecule has 1 heterocycles. The fourth-order valence-corrected chi connectivity index (χ4v) is 2.51. The van der Waals surface area contributed by atoms with Crippen molar-refractivity contribution in [2.24, 2.45) is 5.41 Å². The predicted molar refractivity (Wildman–Crippen MR) is 48.2 cm³/mol. The Morgan fingerprint density at radius 2 is 2.00 bits per heavy atom. The smallest absolute Gasteiger partial charge is 0.236 e. The van der Waals surface area contributed by atoms with Gasteiger partial charge in [0.15, 0.2) is 0 Å². The number of Topliss-reactive ketones (excluding diaryl/α,β-unsaturated/α-hetero) is 1. The average molecular weight is 181 g/mol. The first-order valence-corrected chi connectivity index (χ1v) is 4.96. The Balaban J connectivity index is 2.28. The summed E-state index contributed by atoms with van der Waals surface area (Å²) in [5, 5.41) is 0. The van der Waals surface area contributed by atoms with E-state index in [9.17, 15) is 9.59 Å². The highest BCUT2D eigenvalue weighted by Crippen LogP contribution is 2.41. The fraction of sp³-hybridized carbons (Fsp3) is 0.800. The van der Waals surface area contributed by atoms with Crippen LogP contribution in [0.15, 0.2) is 0 Å². The second kappa shape index (κ2) is 2.82. The van der Waals surface area contributed by atoms with Gasteiger partial charge in [0.2, 0.25) is 5.91 Å². The van der Waals surface area contributed by atoms with Crippen molar-refractivity contribution in [1.82, 2.24) is 4.90 Å². The molecule has 1 atom stereocenters. The Morgan fingerprint density at radius 3 is 2.54 bits per heavy atom. The molecule has 2 rings (SSSR count). The number of hydrogen-bond acceptors (Lipinski definition) is 2. The molecule has 1 aliphatic heterocycles. The number of nitrogens with zero attached hydrogens (tertiary/aromatic N) is 1. The lowest BCUT2D eigenvalue weighted by atomic mass is 9.72. The van der Waals surface area contributed by atoms with Crippen molar-refractivity contribution in [1.29, 1.82) is 0 Å². The van der Waals surface area contributed by atoms with Crippen molar-refractivity contribution in [3.8, 4) is 0 Å². The Kier molecular flexibility index (Phi) is 1.90. The van der Waals surface area contributed by atoms with Crippen LogP contribution in [0.4, 0.5) is 0 Å². The third kappa shape index (κ3) is 1.10. The van der Waals surface area contributed by atoms with Crippen LogP contribution in [-0.2, 0) is 9.59 Å². The monoisotopic (exact) mass is 181 g/mol.